The van der Waals surface area contributed by atoms with Crippen molar-refractivity contribution in [3.05, 3.63) is 12.2 Å². The van der Waals surface area contributed by atoms with Gasteiger partial charge in [-0.3, -0.25) is 14.5 Å². The van der Waals surface area contributed by atoms with Crippen molar-refractivity contribution >= 4 is 23.4 Å². The number of alkyl halides is 1. The second-order valence-corrected chi connectivity index (χ2v) is 4.52. The highest BCUT2D eigenvalue weighted by Gasteiger charge is 2.29. The number of unbranched alkanes of at least 4 members (excludes halogenated alkanes) is 4. The van der Waals surface area contributed by atoms with Gasteiger partial charge in [-0.05, 0) is 6.42 Å². The zero-order chi connectivity index (χ0) is 12.0. The standard InChI is InChI=1S/C12H18ClNO2/c1-2-3-4-5-6-7-10(13)14-11(15)8-9-12(14)16/h8-10H,2-7H2,1H3. The van der Waals surface area contributed by atoms with Crippen molar-refractivity contribution in [1.82, 2.24) is 4.90 Å². The van der Waals surface area contributed by atoms with Gasteiger partial charge in [-0.2, -0.15) is 0 Å². The van der Waals surface area contributed by atoms with E-state index in [4.69, 9.17) is 11.6 Å². The Bertz CT molecular complexity index is 271. The van der Waals surface area contributed by atoms with Crippen LogP contribution in [0.1, 0.15) is 45.4 Å². The highest BCUT2D eigenvalue weighted by molar-refractivity contribution is 6.25. The lowest BCUT2D eigenvalue weighted by atomic mass is 10.1. The van der Waals surface area contributed by atoms with E-state index in [1.54, 1.807) is 0 Å². The molecular weight excluding hydrogens is 226 g/mol. The van der Waals surface area contributed by atoms with Crippen molar-refractivity contribution in [2.45, 2.75) is 50.9 Å². The highest BCUT2D eigenvalue weighted by Crippen LogP contribution is 2.18. The van der Waals surface area contributed by atoms with Crippen LogP contribution in [-0.4, -0.2) is 22.2 Å². The van der Waals surface area contributed by atoms with E-state index in [0.29, 0.717) is 6.42 Å². The molecule has 1 unspecified atom stereocenters. The van der Waals surface area contributed by atoms with Crippen LogP contribution in [0, 0.1) is 0 Å². The van der Waals surface area contributed by atoms with Crippen LogP contribution in [0.15, 0.2) is 12.2 Å². The number of amides is 2. The molecule has 0 saturated carbocycles. The van der Waals surface area contributed by atoms with Crippen molar-refractivity contribution in [3.63, 3.8) is 0 Å². The molecule has 0 spiro atoms. The van der Waals surface area contributed by atoms with Crippen molar-refractivity contribution in [1.29, 1.82) is 0 Å². The summed E-state index contributed by atoms with van der Waals surface area (Å²) in [4.78, 5) is 23.7. The van der Waals surface area contributed by atoms with Crippen molar-refractivity contribution in [3.8, 4) is 0 Å². The average molecular weight is 244 g/mol. The fourth-order valence-corrected chi connectivity index (χ4v) is 2.08. The Morgan fingerprint density at radius 2 is 1.69 bits per heavy atom. The maximum absolute atomic E-state index is 11.3. The van der Waals surface area contributed by atoms with Gasteiger partial charge >= 0.3 is 0 Å². The molecule has 1 rings (SSSR count). The number of carbonyl (C=O) groups excluding carboxylic acids is 2. The first-order valence-electron chi connectivity index (χ1n) is 5.86. The number of carbonyl (C=O) groups is 2. The SMILES string of the molecule is CCCCCCCC(Cl)N1C(=O)C=CC1=O. The van der Waals surface area contributed by atoms with Crippen LogP contribution < -0.4 is 0 Å². The molecule has 0 radical (unpaired) electrons. The molecule has 0 N–H and O–H groups in total. The topological polar surface area (TPSA) is 37.4 Å². The van der Waals surface area contributed by atoms with Crippen LogP contribution in [0.25, 0.3) is 0 Å². The minimum atomic E-state index is -0.489. The molecule has 1 atom stereocenters. The van der Waals surface area contributed by atoms with Gasteiger partial charge in [0.25, 0.3) is 11.8 Å². The second-order valence-electron chi connectivity index (χ2n) is 4.02. The first-order valence-corrected chi connectivity index (χ1v) is 6.29. The van der Waals surface area contributed by atoms with E-state index in [1.165, 1.54) is 31.4 Å². The van der Waals surface area contributed by atoms with Crippen molar-refractivity contribution in [2.24, 2.45) is 0 Å². The van der Waals surface area contributed by atoms with Gasteiger partial charge in [0.1, 0.15) is 5.50 Å². The third-order valence-electron chi connectivity index (χ3n) is 2.67. The molecule has 3 nitrogen and oxygen atoms in total. The lowest BCUT2D eigenvalue weighted by Crippen LogP contribution is -2.36. The van der Waals surface area contributed by atoms with Gasteiger partial charge in [0.05, 0.1) is 0 Å². The number of halogens is 1. The van der Waals surface area contributed by atoms with Gasteiger partial charge in [-0.1, -0.05) is 50.6 Å². The molecule has 0 bridgehead atoms. The number of rotatable bonds is 7. The first kappa shape index (κ1) is 13.2. The van der Waals surface area contributed by atoms with Gasteiger partial charge < -0.3 is 0 Å². The Kier molecular flexibility index (Phi) is 5.53. The lowest BCUT2D eigenvalue weighted by molar-refractivity contribution is -0.137. The summed E-state index contributed by atoms with van der Waals surface area (Å²) in [5, 5.41) is 0. The van der Waals surface area contributed by atoms with Gasteiger partial charge in [-0.15, -0.1) is 0 Å². The molecule has 1 aliphatic heterocycles. The van der Waals surface area contributed by atoms with E-state index in [-0.39, 0.29) is 11.8 Å². The van der Waals surface area contributed by atoms with E-state index in [9.17, 15) is 9.59 Å². The summed E-state index contributed by atoms with van der Waals surface area (Å²) in [5.41, 5.74) is -0.489. The first-order chi connectivity index (χ1) is 7.66. The Hall–Kier alpha value is -0.830. The molecule has 90 valence electrons. The third kappa shape index (κ3) is 3.63. The van der Waals surface area contributed by atoms with Crippen molar-refractivity contribution < 1.29 is 9.59 Å². The Labute approximate surface area is 101 Å². The smallest absolute Gasteiger partial charge is 0.254 e. The van der Waals surface area contributed by atoms with E-state index < -0.39 is 5.50 Å². The zero-order valence-corrected chi connectivity index (χ0v) is 10.4. The molecule has 2 amide bonds. The normalized spacial score (nSPS) is 17.2. The zero-order valence-electron chi connectivity index (χ0n) is 9.62. The maximum atomic E-state index is 11.3. The predicted molar refractivity (Wildman–Crippen MR) is 64.0 cm³/mol. The Morgan fingerprint density at radius 1 is 1.12 bits per heavy atom. The summed E-state index contributed by atoms with van der Waals surface area (Å²) >= 11 is 6.03. The van der Waals surface area contributed by atoms with Crippen LogP contribution in [0.4, 0.5) is 0 Å². The maximum Gasteiger partial charge on any atom is 0.254 e. The molecule has 0 aliphatic carbocycles. The molecule has 0 saturated heterocycles. The van der Waals surface area contributed by atoms with Gasteiger partial charge in [-0.25, -0.2) is 0 Å². The van der Waals surface area contributed by atoms with E-state index >= 15 is 0 Å². The van der Waals surface area contributed by atoms with Crippen LogP contribution >= 0.6 is 11.6 Å². The highest BCUT2D eigenvalue weighted by atomic mass is 35.5. The molecule has 0 aromatic heterocycles. The summed E-state index contributed by atoms with van der Waals surface area (Å²) in [6.45, 7) is 2.16. The summed E-state index contributed by atoms with van der Waals surface area (Å²) < 4.78 is 0. The monoisotopic (exact) mass is 243 g/mol. The summed E-state index contributed by atoms with van der Waals surface area (Å²) in [5.74, 6) is -0.586. The van der Waals surface area contributed by atoms with Gasteiger partial charge in [0, 0.05) is 12.2 Å². The fourth-order valence-electron chi connectivity index (χ4n) is 1.73. The summed E-state index contributed by atoms with van der Waals surface area (Å²) in [6.07, 6.45) is 8.94. The Morgan fingerprint density at radius 3 is 2.25 bits per heavy atom. The van der Waals surface area contributed by atoms with Crippen LogP contribution in [0.5, 0.6) is 0 Å². The quantitative estimate of drug-likeness (QED) is 0.298. The molecule has 1 aliphatic rings. The molecule has 0 aromatic carbocycles. The third-order valence-corrected chi connectivity index (χ3v) is 3.08. The van der Waals surface area contributed by atoms with Gasteiger partial charge in [0.2, 0.25) is 0 Å². The molecule has 16 heavy (non-hydrogen) atoms. The molecule has 0 aromatic rings. The number of imide groups is 1. The minimum Gasteiger partial charge on any atom is -0.269 e. The number of hydrogen-bond donors (Lipinski definition) is 0. The molecule has 4 heteroatoms. The van der Waals surface area contributed by atoms with E-state index in [2.05, 4.69) is 6.92 Å². The molecular formula is C12H18ClNO2. The summed E-state index contributed by atoms with van der Waals surface area (Å²) in [7, 11) is 0. The Balaban J connectivity index is 2.22. The van der Waals surface area contributed by atoms with Crippen LogP contribution in [0.2, 0.25) is 0 Å². The largest absolute Gasteiger partial charge is 0.269 e. The average Bonchev–Trinajstić information content (AvgIpc) is 2.58. The fraction of sp³-hybridized carbons (Fsp3) is 0.667. The van der Waals surface area contributed by atoms with E-state index in [1.807, 2.05) is 0 Å². The lowest BCUT2D eigenvalue weighted by Gasteiger charge is -2.20. The summed E-state index contributed by atoms with van der Waals surface area (Å²) in [6, 6.07) is 0. The molecule has 0 fully saturated rings. The number of nitrogens with zero attached hydrogens (tertiary/aromatic N) is 1. The number of hydrogen-bond acceptors (Lipinski definition) is 2. The predicted octanol–water partition coefficient (Wildman–Crippen LogP) is 2.84. The molecule has 1 heterocycles. The van der Waals surface area contributed by atoms with Crippen LogP contribution in [-0.2, 0) is 9.59 Å². The minimum absolute atomic E-state index is 0.293. The second kappa shape index (κ2) is 6.69. The van der Waals surface area contributed by atoms with Crippen LogP contribution in [0.3, 0.4) is 0 Å². The van der Waals surface area contributed by atoms with Crippen molar-refractivity contribution in [2.75, 3.05) is 0 Å². The van der Waals surface area contributed by atoms with Gasteiger partial charge in [0.15, 0.2) is 0 Å². The van der Waals surface area contributed by atoms with E-state index in [0.717, 1.165) is 17.7 Å².